The number of aryl methyl sites for hydroxylation is 1. The van der Waals surface area contributed by atoms with Crippen molar-refractivity contribution in [2.45, 2.75) is 34.6 Å². The highest BCUT2D eigenvalue weighted by Gasteiger charge is 2.15. The predicted octanol–water partition coefficient (Wildman–Crippen LogP) is 3.24. The van der Waals surface area contributed by atoms with Gasteiger partial charge in [-0.05, 0) is 56.9 Å². The topological polar surface area (TPSA) is 74.8 Å². The molecular formula is C16H24N6. The van der Waals surface area contributed by atoms with E-state index in [0.717, 1.165) is 5.69 Å². The van der Waals surface area contributed by atoms with Crippen molar-refractivity contribution in [3.63, 3.8) is 0 Å². The predicted molar refractivity (Wildman–Crippen MR) is 92.3 cm³/mol. The molecule has 0 spiro atoms. The largest absolute Gasteiger partial charge is 0.388 e. The van der Waals surface area contributed by atoms with Gasteiger partial charge in [-0.3, -0.25) is 0 Å². The van der Waals surface area contributed by atoms with Crippen LogP contribution in [-0.4, -0.2) is 29.0 Å². The second kappa shape index (κ2) is 6.17. The van der Waals surface area contributed by atoms with Crippen LogP contribution in [-0.2, 0) is 0 Å². The average molecular weight is 300 g/mol. The summed E-state index contributed by atoms with van der Waals surface area (Å²) in [7, 11) is 3.75. The standard InChI is InChI=1S/C16H24N6/c1-8-10(3)14(11(4)9(2)13(8)17-6)21-16-20-12(5)19-15(18-7)22-16/h17H,1-7H3,(H2,18,19,20,21,22). The molecule has 6 heteroatoms. The fourth-order valence-corrected chi connectivity index (χ4v) is 2.64. The van der Waals surface area contributed by atoms with Gasteiger partial charge in [-0.2, -0.15) is 15.0 Å². The number of benzene rings is 1. The van der Waals surface area contributed by atoms with Crippen LogP contribution >= 0.6 is 0 Å². The summed E-state index contributed by atoms with van der Waals surface area (Å²) in [6, 6.07) is 0. The van der Waals surface area contributed by atoms with Crippen LogP contribution in [0.25, 0.3) is 0 Å². The van der Waals surface area contributed by atoms with Gasteiger partial charge >= 0.3 is 0 Å². The van der Waals surface area contributed by atoms with E-state index >= 15 is 0 Å². The van der Waals surface area contributed by atoms with Crippen LogP contribution < -0.4 is 16.0 Å². The third-order valence-corrected chi connectivity index (χ3v) is 4.08. The lowest BCUT2D eigenvalue weighted by atomic mass is 9.96. The molecule has 2 rings (SSSR count). The Hall–Kier alpha value is -2.37. The summed E-state index contributed by atoms with van der Waals surface area (Å²) >= 11 is 0. The van der Waals surface area contributed by atoms with Crippen LogP contribution in [0.4, 0.5) is 23.3 Å². The van der Waals surface area contributed by atoms with Gasteiger partial charge in [-0.1, -0.05) is 0 Å². The number of hydrogen-bond donors (Lipinski definition) is 3. The molecular weight excluding hydrogens is 276 g/mol. The van der Waals surface area contributed by atoms with Gasteiger partial charge in [0.05, 0.1) is 0 Å². The van der Waals surface area contributed by atoms with Gasteiger partial charge in [-0.15, -0.1) is 0 Å². The van der Waals surface area contributed by atoms with Gasteiger partial charge in [0.2, 0.25) is 11.9 Å². The summed E-state index contributed by atoms with van der Waals surface area (Å²) in [4.78, 5) is 13.0. The van der Waals surface area contributed by atoms with E-state index in [9.17, 15) is 0 Å². The molecule has 0 aliphatic rings. The molecule has 3 N–H and O–H groups in total. The van der Waals surface area contributed by atoms with Crippen molar-refractivity contribution in [3.05, 3.63) is 28.1 Å². The van der Waals surface area contributed by atoms with Crippen LogP contribution in [0, 0.1) is 34.6 Å². The molecule has 0 aliphatic heterocycles. The van der Waals surface area contributed by atoms with E-state index in [1.807, 2.05) is 14.0 Å². The molecule has 0 amide bonds. The number of rotatable bonds is 4. The van der Waals surface area contributed by atoms with Crippen LogP contribution in [0.2, 0.25) is 0 Å². The van der Waals surface area contributed by atoms with E-state index < -0.39 is 0 Å². The molecule has 22 heavy (non-hydrogen) atoms. The molecule has 0 atom stereocenters. The van der Waals surface area contributed by atoms with E-state index in [0.29, 0.717) is 17.7 Å². The number of hydrogen-bond acceptors (Lipinski definition) is 6. The monoisotopic (exact) mass is 300 g/mol. The van der Waals surface area contributed by atoms with Crippen molar-refractivity contribution >= 4 is 23.3 Å². The van der Waals surface area contributed by atoms with Crippen LogP contribution in [0.15, 0.2) is 0 Å². The van der Waals surface area contributed by atoms with Crippen molar-refractivity contribution in [2.75, 3.05) is 30.0 Å². The summed E-state index contributed by atoms with van der Waals surface area (Å²) in [5, 5.41) is 9.60. The molecule has 0 radical (unpaired) electrons. The van der Waals surface area contributed by atoms with E-state index in [-0.39, 0.29) is 0 Å². The molecule has 0 fully saturated rings. The summed E-state index contributed by atoms with van der Waals surface area (Å²) in [5.74, 6) is 1.79. The maximum absolute atomic E-state index is 4.37. The Morgan fingerprint density at radius 2 is 1.09 bits per heavy atom. The van der Waals surface area contributed by atoms with E-state index in [1.54, 1.807) is 7.05 Å². The number of anilines is 4. The van der Waals surface area contributed by atoms with Crippen LogP contribution in [0.3, 0.4) is 0 Å². The summed E-state index contributed by atoms with van der Waals surface area (Å²) in [6.07, 6.45) is 0. The maximum Gasteiger partial charge on any atom is 0.232 e. The zero-order valence-electron chi connectivity index (χ0n) is 14.3. The molecule has 0 saturated heterocycles. The van der Waals surface area contributed by atoms with Crippen molar-refractivity contribution in [1.82, 2.24) is 15.0 Å². The highest BCUT2D eigenvalue weighted by Crippen LogP contribution is 2.35. The van der Waals surface area contributed by atoms with Crippen molar-refractivity contribution in [2.24, 2.45) is 0 Å². The number of aromatic nitrogens is 3. The second-order valence-electron chi connectivity index (χ2n) is 5.40. The Morgan fingerprint density at radius 1 is 0.591 bits per heavy atom. The summed E-state index contributed by atoms with van der Waals surface area (Å²) < 4.78 is 0. The Morgan fingerprint density at radius 3 is 1.59 bits per heavy atom. The normalized spacial score (nSPS) is 10.5. The summed E-state index contributed by atoms with van der Waals surface area (Å²) in [6.45, 7) is 10.3. The minimum atomic E-state index is 0.555. The second-order valence-corrected chi connectivity index (χ2v) is 5.40. The van der Waals surface area contributed by atoms with E-state index in [4.69, 9.17) is 0 Å². The molecule has 1 heterocycles. The molecule has 1 aromatic heterocycles. The molecule has 2 aromatic rings. The fourth-order valence-electron chi connectivity index (χ4n) is 2.64. The quantitative estimate of drug-likeness (QED) is 0.805. The third-order valence-electron chi connectivity index (χ3n) is 4.08. The zero-order valence-corrected chi connectivity index (χ0v) is 14.3. The average Bonchev–Trinajstić information content (AvgIpc) is 2.49. The Bertz CT molecular complexity index is 679. The molecule has 0 unspecified atom stereocenters. The van der Waals surface area contributed by atoms with Gasteiger partial charge < -0.3 is 16.0 Å². The van der Waals surface area contributed by atoms with Crippen LogP contribution in [0.5, 0.6) is 0 Å². The van der Waals surface area contributed by atoms with Crippen molar-refractivity contribution in [1.29, 1.82) is 0 Å². The van der Waals surface area contributed by atoms with Crippen LogP contribution in [0.1, 0.15) is 28.1 Å². The fraction of sp³-hybridized carbons (Fsp3) is 0.438. The van der Waals surface area contributed by atoms with Gasteiger partial charge in [0.15, 0.2) is 0 Å². The highest BCUT2D eigenvalue weighted by atomic mass is 15.2. The molecule has 0 saturated carbocycles. The van der Waals surface area contributed by atoms with Gasteiger partial charge in [0.25, 0.3) is 0 Å². The van der Waals surface area contributed by atoms with Crippen molar-refractivity contribution < 1.29 is 0 Å². The molecule has 0 bridgehead atoms. The first kappa shape index (κ1) is 16.0. The lowest BCUT2D eigenvalue weighted by Gasteiger charge is -2.20. The Kier molecular flexibility index (Phi) is 4.49. The van der Waals surface area contributed by atoms with Crippen molar-refractivity contribution in [3.8, 4) is 0 Å². The van der Waals surface area contributed by atoms with E-state index in [1.165, 1.54) is 27.9 Å². The van der Waals surface area contributed by atoms with Gasteiger partial charge in [-0.25, -0.2) is 0 Å². The minimum Gasteiger partial charge on any atom is -0.388 e. The SMILES string of the molecule is CNc1nc(C)nc(Nc2c(C)c(C)c(NC)c(C)c2C)n1. The lowest BCUT2D eigenvalue weighted by Crippen LogP contribution is -2.09. The summed E-state index contributed by atoms with van der Waals surface area (Å²) in [5.41, 5.74) is 7.08. The first-order valence-corrected chi connectivity index (χ1v) is 7.34. The third kappa shape index (κ3) is 2.81. The van der Waals surface area contributed by atoms with Gasteiger partial charge in [0, 0.05) is 25.5 Å². The minimum absolute atomic E-state index is 0.555. The molecule has 6 nitrogen and oxygen atoms in total. The first-order valence-electron chi connectivity index (χ1n) is 7.34. The maximum atomic E-state index is 4.37. The smallest absolute Gasteiger partial charge is 0.232 e. The molecule has 1 aromatic carbocycles. The first-order chi connectivity index (χ1) is 10.4. The number of nitrogens with one attached hydrogen (secondary N) is 3. The lowest BCUT2D eigenvalue weighted by molar-refractivity contribution is 0.982. The van der Waals surface area contributed by atoms with Gasteiger partial charge in [0.1, 0.15) is 5.82 Å². The van der Waals surface area contributed by atoms with E-state index in [2.05, 4.69) is 58.6 Å². The zero-order chi connectivity index (χ0) is 16.4. The Labute approximate surface area is 131 Å². The number of nitrogens with zero attached hydrogens (tertiary/aromatic N) is 3. The highest BCUT2D eigenvalue weighted by molar-refractivity contribution is 5.75. The molecule has 118 valence electrons. The molecule has 0 aliphatic carbocycles. The Balaban J connectivity index is 2.53.